The van der Waals surface area contributed by atoms with Crippen LogP contribution >= 0.6 is 0 Å². The minimum absolute atomic E-state index is 0. The van der Waals surface area contributed by atoms with E-state index >= 15 is 0 Å². The summed E-state index contributed by atoms with van der Waals surface area (Å²) in [5.41, 5.74) is 2.72. The molecule has 0 aromatic rings. The quantitative estimate of drug-likeness (QED) is 0.403. The van der Waals surface area contributed by atoms with Gasteiger partial charge in [-0.15, -0.1) is 0 Å². The van der Waals surface area contributed by atoms with Crippen LogP contribution in [0.3, 0.4) is 0 Å². The van der Waals surface area contributed by atoms with Crippen molar-refractivity contribution in [3.63, 3.8) is 0 Å². The zero-order chi connectivity index (χ0) is 4.50. The molecule has 2 nitrogen and oxygen atoms in total. The molecule has 0 heterocycles. The van der Waals surface area contributed by atoms with Gasteiger partial charge in [0.1, 0.15) is 0 Å². The van der Waals surface area contributed by atoms with Crippen LogP contribution in [0, 0.1) is 0 Å². The van der Waals surface area contributed by atoms with Gasteiger partial charge in [0.2, 0.25) is 0 Å². The van der Waals surface area contributed by atoms with Gasteiger partial charge in [-0.25, -0.2) is 0 Å². The molecule has 0 saturated heterocycles. The maximum atomic E-state index is 9.83. The first-order valence-electron chi connectivity index (χ1n) is 1.28. The molecular formula is C2H7AsKO2+. The van der Waals surface area contributed by atoms with Crippen LogP contribution in [-0.4, -0.2) is 17.9 Å². The Labute approximate surface area is 82.8 Å². The molecule has 0 aliphatic heterocycles. The summed E-state index contributed by atoms with van der Waals surface area (Å²) >= 11 is -3.12. The van der Waals surface area contributed by atoms with E-state index in [1.54, 1.807) is 0 Å². The Morgan fingerprint density at radius 2 is 1.50 bits per heavy atom. The third-order valence-corrected chi connectivity index (χ3v) is 0. The average Bonchev–Trinajstić information content (AvgIpc) is 0.722. The summed E-state index contributed by atoms with van der Waals surface area (Å²) in [6.07, 6.45) is 0. The predicted molar refractivity (Wildman–Crippen MR) is 20.4 cm³/mol. The molecule has 0 atom stereocenters. The van der Waals surface area contributed by atoms with Crippen LogP contribution < -0.4 is 51.4 Å². The molecular weight excluding hydrogens is 170 g/mol. The van der Waals surface area contributed by atoms with E-state index in [4.69, 9.17) is 4.10 Å². The van der Waals surface area contributed by atoms with Gasteiger partial charge in [0.25, 0.3) is 0 Å². The van der Waals surface area contributed by atoms with E-state index in [9.17, 15) is 3.74 Å². The molecule has 1 N–H and O–H groups in total. The Bertz CT molecular complexity index is 57.7. The maximum absolute atomic E-state index is 9.83. The topological polar surface area (TPSA) is 37.3 Å². The fraction of sp³-hybridized carbons (Fsp3) is 1.00. The number of hydrogen-bond donors (Lipinski definition) is 1. The average molecular weight is 177 g/mol. The van der Waals surface area contributed by atoms with Crippen LogP contribution in [0.25, 0.3) is 0 Å². The Hall–Kier alpha value is 1.95. The van der Waals surface area contributed by atoms with Gasteiger partial charge in [-0.05, 0) is 0 Å². The van der Waals surface area contributed by atoms with Crippen molar-refractivity contribution in [1.82, 2.24) is 0 Å². The van der Waals surface area contributed by atoms with E-state index in [0.717, 1.165) is 0 Å². The zero-order valence-electron chi connectivity index (χ0n) is 4.30. The van der Waals surface area contributed by atoms with Crippen LogP contribution in [0.2, 0.25) is 11.4 Å². The fourth-order valence-corrected chi connectivity index (χ4v) is 0. The van der Waals surface area contributed by atoms with Gasteiger partial charge < -0.3 is 0 Å². The molecule has 0 spiro atoms. The molecule has 0 saturated carbocycles. The van der Waals surface area contributed by atoms with Gasteiger partial charge in [0.05, 0.1) is 0 Å². The third kappa shape index (κ3) is 38.3. The van der Waals surface area contributed by atoms with Crippen LogP contribution in [0.15, 0.2) is 0 Å². The second-order valence-corrected chi connectivity index (χ2v) is 6.72. The maximum Gasteiger partial charge on any atom is 1.00 e. The van der Waals surface area contributed by atoms with E-state index in [1.165, 1.54) is 11.4 Å². The number of rotatable bonds is 0. The predicted octanol–water partition coefficient (Wildman–Crippen LogP) is -2.88. The molecule has 0 radical (unpaired) electrons. The molecule has 0 aromatic carbocycles. The minimum atomic E-state index is -3.12. The van der Waals surface area contributed by atoms with Crippen molar-refractivity contribution in [3.8, 4) is 0 Å². The molecule has 0 aliphatic carbocycles. The SMILES string of the molecule is C[As](C)(=O)O.[K+]. The molecule has 0 fully saturated rings. The summed E-state index contributed by atoms with van der Waals surface area (Å²) in [6.45, 7) is 0. The third-order valence-electron chi connectivity index (χ3n) is 0. The van der Waals surface area contributed by atoms with Crippen molar-refractivity contribution < 1.29 is 59.2 Å². The summed E-state index contributed by atoms with van der Waals surface area (Å²) in [5.74, 6) is 0. The fourth-order valence-electron chi connectivity index (χ4n) is 0. The zero-order valence-corrected chi connectivity index (χ0v) is 9.30. The Morgan fingerprint density at radius 3 is 1.50 bits per heavy atom. The van der Waals surface area contributed by atoms with Gasteiger partial charge in [-0.1, -0.05) is 0 Å². The Balaban J connectivity index is 0. The van der Waals surface area contributed by atoms with Crippen LogP contribution in [-0.2, 0) is 3.74 Å². The van der Waals surface area contributed by atoms with E-state index < -0.39 is 13.8 Å². The second-order valence-electron chi connectivity index (χ2n) is 1.29. The first-order chi connectivity index (χ1) is 2.00. The van der Waals surface area contributed by atoms with Crippen LogP contribution in [0.1, 0.15) is 0 Å². The Morgan fingerprint density at radius 1 is 1.50 bits per heavy atom. The smallest absolute Gasteiger partial charge is 1.00 e. The van der Waals surface area contributed by atoms with E-state index in [2.05, 4.69) is 0 Å². The molecule has 4 heteroatoms. The summed E-state index contributed by atoms with van der Waals surface area (Å²) in [4.78, 5) is 0. The number of hydrogen-bond acceptors (Lipinski definition) is 1. The summed E-state index contributed by atoms with van der Waals surface area (Å²) in [7, 11) is 0. The van der Waals surface area contributed by atoms with Crippen molar-refractivity contribution in [3.05, 3.63) is 0 Å². The Kier molecular flexibility index (Phi) is 7.05. The van der Waals surface area contributed by atoms with Crippen LogP contribution in [0.4, 0.5) is 0 Å². The van der Waals surface area contributed by atoms with Gasteiger partial charge in [-0.3, -0.25) is 0 Å². The molecule has 32 valence electrons. The van der Waals surface area contributed by atoms with Crippen molar-refractivity contribution in [1.29, 1.82) is 0 Å². The minimum Gasteiger partial charge on any atom is 1.00 e. The first kappa shape index (κ1) is 10.9. The van der Waals surface area contributed by atoms with Crippen molar-refractivity contribution in [2.24, 2.45) is 0 Å². The monoisotopic (exact) mass is 177 g/mol. The standard InChI is InChI=1S/C2H7AsO2.K/c1-3(2,4)5;/h1-2H3,(H,4,5);/q;+1. The first-order valence-corrected chi connectivity index (χ1v) is 6.64. The summed E-state index contributed by atoms with van der Waals surface area (Å²) in [5, 5.41) is 0. The van der Waals surface area contributed by atoms with Gasteiger partial charge in [-0.2, -0.15) is 0 Å². The van der Waals surface area contributed by atoms with E-state index in [-0.39, 0.29) is 51.4 Å². The molecule has 0 rings (SSSR count). The summed E-state index contributed by atoms with van der Waals surface area (Å²) in [6, 6.07) is 0. The van der Waals surface area contributed by atoms with E-state index in [1.807, 2.05) is 0 Å². The molecule has 0 aromatic heterocycles. The largest absolute Gasteiger partial charge is 1.00 e. The second kappa shape index (κ2) is 3.90. The molecule has 6 heavy (non-hydrogen) atoms. The van der Waals surface area contributed by atoms with Crippen molar-refractivity contribution in [2.75, 3.05) is 0 Å². The molecule has 0 bridgehead atoms. The van der Waals surface area contributed by atoms with E-state index in [0.29, 0.717) is 0 Å². The summed E-state index contributed by atoms with van der Waals surface area (Å²) < 4.78 is 18.0. The normalized spacial score (nSPS) is 9.83. The van der Waals surface area contributed by atoms with Crippen molar-refractivity contribution in [2.45, 2.75) is 11.4 Å². The van der Waals surface area contributed by atoms with Crippen molar-refractivity contribution >= 4 is 13.8 Å². The van der Waals surface area contributed by atoms with Gasteiger partial charge in [0, 0.05) is 0 Å². The van der Waals surface area contributed by atoms with Crippen LogP contribution in [0.5, 0.6) is 0 Å². The van der Waals surface area contributed by atoms with Gasteiger partial charge in [0.15, 0.2) is 0 Å². The molecule has 0 unspecified atom stereocenters. The molecule has 0 amide bonds. The molecule has 0 aliphatic rings. The van der Waals surface area contributed by atoms with Gasteiger partial charge >= 0.3 is 84.5 Å².